The first-order chi connectivity index (χ1) is 36.3. The van der Waals surface area contributed by atoms with E-state index in [0.29, 0.717) is 0 Å². The summed E-state index contributed by atoms with van der Waals surface area (Å²) in [5.74, 6) is 0. The monoisotopic (exact) mass is 925 g/mol. The molecule has 17 rings (SSSR count). The minimum atomic E-state index is -0.0215. The Balaban J connectivity index is 0.985. The Labute approximate surface area is 423 Å². The van der Waals surface area contributed by atoms with Crippen molar-refractivity contribution in [1.29, 1.82) is 0 Å². The second-order valence-corrected chi connectivity index (χ2v) is 19.9. The molecule has 7 heteroatoms. The lowest BCUT2D eigenvalue weighted by Crippen LogP contribution is -2.61. The number of hydrogen-bond acceptors (Lipinski definition) is 4. The third kappa shape index (κ3) is 5.08. The summed E-state index contributed by atoms with van der Waals surface area (Å²) in [6, 6.07) is 92.5. The number of nitrogens with zero attached hydrogens (tertiary/aromatic N) is 5. The third-order valence-electron chi connectivity index (χ3n) is 16.4. The fraction of sp³-hybridized carbons (Fsp3) is 0. The van der Waals surface area contributed by atoms with E-state index in [1.807, 2.05) is 0 Å². The molecular weight excluding hydrogens is 884 g/mol. The van der Waals surface area contributed by atoms with Crippen LogP contribution < -0.4 is 52.4 Å². The molecule has 0 amide bonds. The molecule has 11 aromatic carbocycles. The van der Waals surface area contributed by atoms with Gasteiger partial charge in [0, 0.05) is 89.8 Å². The van der Waals surface area contributed by atoms with Crippen molar-refractivity contribution in [1.82, 2.24) is 4.40 Å². The summed E-state index contributed by atoms with van der Waals surface area (Å²) in [6.45, 7) is -0.0429. The molecule has 0 N–H and O–H groups in total. The van der Waals surface area contributed by atoms with Gasteiger partial charge in [-0.25, -0.2) is 0 Å². The first-order valence-electron chi connectivity index (χ1n) is 25.4. The maximum atomic E-state index is 2.62. The highest BCUT2D eigenvalue weighted by atomic mass is 15.2. The molecule has 6 heterocycles. The number of para-hydroxylation sites is 7. The zero-order valence-corrected chi connectivity index (χ0v) is 39.6. The van der Waals surface area contributed by atoms with Crippen LogP contribution in [0.15, 0.2) is 249 Å². The Morgan fingerprint density at radius 2 is 0.534 bits per heavy atom. The van der Waals surface area contributed by atoms with Gasteiger partial charge in [-0.2, -0.15) is 0 Å². The van der Waals surface area contributed by atoms with Gasteiger partial charge in [-0.3, -0.25) is 0 Å². The molecule has 13 aromatic rings. The summed E-state index contributed by atoms with van der Waals surface area (Å²) in [7, 11) is 0. The lowest BCUT2D eigenvalue weighted by molar-refractivity contribution is 1.25. The van der Waals surface area contributed by atoms with Crippen molar-refractivity contribution >= 4 is 153 Å². The van der Waals surface area contributed by atoms with Crippen LogP contribution in [0.5, 0.6) is 0 Å². The number of hydrogen-bond donors (Lipinski definition) is 0. The lowest BCUT2D eigenvalue weighted by Gasteiger charge is -2.44. The number of anilines is 12. The Morgan fingerprint density at radius 3 is 0.918 bits per heavy atom. The zero-order chi connectivity index (χ0) is 47.5. The molecule has 0 saturated carbocycles. The van der Waals surface area contributed by atoms with E-state index in [1.54, 1.807) is 0 Å². The molecule has 0 saturated heterocycles. The van der Waals surface area contributed by atoms with Crippen molar-refractivity contribution in [2.75, 3.05) is 19.6 Å². The molecule has 73 heavy (non-hydrogen) atoms. The van der Waals surface area contributed by atoms with Gasteiger partial charge in [-0.1, -0.05) is 140 Å². The molecule has 0 fully saturated rings. The molecule has 336 valence electrons. The molecule has 2 aromatic heterocycles. The van der Waals surface area contributed by atoms with Gasteiger partial charge >= 0.3 is 0 Å². The summed E-state index contributed by atoms with van der Waals surface area (Å²) in [6.07, 6.45) is 0. The van der Waals surface area contributed by atoms with Gasteiger partial charge in [0.15, 0.2) is 0 Å². The van der Waals surface area contributed by atoms with Gasteiger partial charge in [0.05, 0.1) is 16.6 Å². The first kappa shape index (κ1) is 39.3. The summed E-state index contributed by atoms with van der Waals surface area (Å²) < 4.78 is 2.62. The molecule has 0 spiro atoms. The fourth-order valence-corrected chi connectivity index (χ4v) is 13.8. The van der Waals surface area contributed by atoms with Crippen LogP contribution in [0.3, 0.4) is 0 Å². The lowest BCUT2D eigenvalue weighted by atomic mass is 9.33. The van der Waals surface area contributed by atoms with Gasteiger partial charge in [0.2, 0.25) is 0 Å². The van der Waals surface area contributed by atoms with Crippen LogP contribution in [0.4, 0.5) is 68.2 Å². The van der Waals surface area contributed by atoms with E-state index in [-0.39, 0.29) is 13.4 Å². The number of fused-ring (bicyclic) bond motifs is 16. The van der Waals surface area contributed by atoms with Crippen molar-refractivity contribution in [3.8, 4) is 0 Å². The van der Waals surface area contributed by atoms with E-state index >= 15 is 0 Å². The molecule has 4 aliphatic rings. The Morgan fingerprint density at radius 1 is 0.233 bits per heavy atom. The molecule has 0 atom stereocenters. The van der Waals surface area contributed by atoms with Crippen LogP contribution in [-0.4, -0.2) is 17.8 Å². The minimum absolute atomic E-state index is 0.0215. The van der Waals surface area contributed by atoms with Gasteiger partial charge in [0.1, 0.15) is 0 Å². The highest BCUT2D eigenvalue weighted by Crippen LogP contribution is 2.50. The summed E-state index contributed by atoms with van der Waals surface area (Å²) >= 11 is 0. The predicted molar refractivity (Wildman–Crippen MR) is 309 cm³/mol. The molecule has 0 radical (unpaired) electrons. The van der Waals surface area contributed by atoms with Crippen LogP contribution in [0.2, 0.25) is 0 Å². The predicted octanol–water partition coefficient (Wildman–Crippen LogP) is 13.0. The van der Waals surface area contributed by atoms with Gasteiger partial charge < -0.3 is 24.0 Å². The topological polar surface area (TPSA) is 17.4 Å². The van der Waals surface area contributed by atoms with Crippen LogP contribution in [0.25, 0.3) is 38.1 Å². The maximum absolute atomic E-state index is 2.62. The Hall–Kier alpha value is -9.45. The van der Waals surface area contributed by atoms with Crippen molar-refractivity contribution < 1.29 is 0 Å². The Bertz CT molecular complexity index is 4120. The highest BCUT2D eigenvalue weighted by Gasteiger charge is 2.47. The van der Waals surface area contributed by atoms with Gasteiger partial charge in [0.25, 0.3) is 13.4 Å². The molecule has 0 aliphatic carbocycles. The smallest absolute Gasteiger partial charge is 0.253 e. The van der Waals surface area contributed by atoms with Crippen molar-refractivity contribution in [3.05, 3.63) is 249 Å². The Kier molecular flexibility index (Phi) is 7.84. The first-order valence-corrected chi connectivity index (χ1v) is 25.4. The molecular formula is C66H41B2N5. The van der Waals surface area contributed by atoms with Crippen molar-refractivity contribution in [2.24, 2.45) is 0 Å². The van der Waals surface area contributed by atoms with E-state index < -0.39 is 0 Å². The largest absolute Gasteiger partial charge is 0.311 e. The van der Waals surface area contributed by atoms with Crippen molar-refractivity contribution in [3.63, 3.8) is 0 Å². The van der Waals surface area contributed by atoms with E-state index in [0.717, 1.165) is 22.7 Å². The molecule has 4 aliphatic heterocycles. The van der Waals surface area contributed by atoms with Crippen molar-refractivity contribution in [2.45, 2.75) is 0 Å². The second-order valence-electron chi connectivity index (χ2n) is 19.9. The number of aromatic nitrogens is 1. The normalized spacial score (nSPS) is 13.9. The summed E-state index contributed by atoms with van der Waals surface area (Å²) in [5, 5.41) is 5.18. The van der Waals surface area contributed by atoms with Crippen LogP contribution >= 0.6 is 0 Å². The van der Waals surface area contributed by atoms with Crippen LogP contribution in [-0.2, 0) is 0 Å². The van der Waals surface area contributed by atoms with E-state index in [2.05, 4.69) is 273 Å². The average molecular weight is 926 g/mol. The molecule has 0 bridgehead atoms. The van der Waals surface area contributed by atoms with E-state index in [9.17, 15) is 0 Å². The minimum Gasteiger partial charge on any atom is -0.311 e. The standard InChI is InChI=1S/C66H41B2N5/c1-5-20-42(21-6-1)69-50-32-15-13-30-48(50)67-62-54(69)34-18-36-56(62)71(44-24-9-3-10-25-44)58-40-38-52-60(64(58)67)46-28-17-29-47-61-53(73(52)66(46)47)39-41-59-65(61)68-49-31-14-16-33-51(49)70(43-22-7-2-8-23-43)55-35-19-37-57(63(55)68)72(59)45-26-11-4-12-27-45/h1-41H. The molecule has 0 unspecified atom stereocenters. The maximum Gasteiger partial charge on any atom is 0.253 e. The number of rotatable bonds is 4. The zero-order valence-electron chi connectivity index (χ0n) is 39.6. The number of benzene rings is 11. The average Bonchev–Trinajstić information content (AvgIpc) is 4.03. The fourth-order valence-electron chi connectivity index (χ4n) is 13.8. The highest BCUT2D eigenvalue weighted by molar-refractivity contribution is 7.03. The summed E-state index contributed by atoms with van der Waals surface area (Å²) in [4.78, 5) is 10.0. The SMILES string of the molecule is c1ccc(N2c3ccccc3B3c4c2cccc4N(c2ccccc2)c2ccc4c(c23)c2cccc3c5c6c(ccc5n4c23)N(c2ccccc2)c2cccc3c2B6c2ccccc2N3c2ccccc2)cc1. The summed E-state index contributed by atoms with van der Waals surface area (Å²) in [5.41, 5.74) is 26.0. The van der Waals surface area contributed by atoms with E-state index in [4.69, 9.17) is 0 Å². The quantitative estimate of drug-likeness (QED) is 0.164. The second kappa shape index (κ2) is 14.6. The van der Waals surface area contributed by atoms with Crippen LogP contribution in [0.1, 0.15) is 0 Å². The molecule has 5 nitrogen and oxygen atoms in total. The third-order valence-corrected chi connectivity index (χ3v) is 16.4. The van der Waals surface area contributed by atoms with Gasteiger partial charge in [-0.15, -0.1) is 0 Å². The van der Waals surface area contributed by atoms with E-state index in [1.165, 1.54) is 116 Å². The van der Waals surface area contributed by atoms with Gasteiger partial charge in [-0.05, 0) is 142 Å². The van der Waals surface area contributed by atoms with Crippen LogP contribution in [0, 0.1) is 0 Å².